The predicted molar refractivity (Wildman–Crippen MR) is 85.4 cm³/mol. The molecule has 1 fully saturated rings. The molecule has 2 atom stereocenters. The molecule has 1 saturated heterocycles. The van der Waals surface area contributed by atoms with Gasteiger partial charge < -0.3 is 5.11 Å². The number of rotatable bonds is 6. The van der Waals surface area contributed by atoms with Crippen LogP contribution in [0.3, 0.4) is 0 Å². The van der Waals surface area contributed by atoms with Gasteiger partial charge in [-0.05, 0) is 50.3 Å². The van der Waals surface area contributed by atoms with Crippen LogP contribution in [0.5, 0.6) is 0 Å². The van der Waals surface area contributed by atoms with Crippen LogP contribution < -0.4 is 0 Å². The number of aryl methyl sites for hydroxylation is 1. The second kappa shape index (κ2) is 6.61. The molecule has 2 rings (SSSR count). The summed E-state index contributed by atoms with van der Waals surface area (Å²) in [4.78, 5) is 14.0. The number of aliphatic carboxylic acids is 1. The highest BCUT2D eigenvalue weighted by Gasteiger charge is 2.48. The first-order valence-electron chi connectivity index (χ1n) is 8.14. The Bertz CT molecular complexity index is 482. The van der Waals surface area contributed by atoms with Gasteiger partial charge in [0.05, 0.1) is 0 Å². The molecule has 21 heavy (non-hydrogen) atoms. The maximum atomic E-state index is 11.8. The normalized spacial score (nSPS) is 24.1. The third-order valence-corrected chi connectivity index (χ3v) is 4.99. The smallest absolute Gasteiger partial charge is 0.324 e. The summed E-state index contributed by atoms with van der Waals surface area (Å²) in [6.07, 6.45) is 4.65. The standard InChI is InChI=1S/C18H27NO2/c1-4-7-15-8-10-16(11-9-15)14(3)19-13-6-12-18(19,5-2)17(20)21/h8-11,14H,4-7,12-13H2,1-3H3,(H,20,21). The number of likely N-dealkylation sites (tertiary alicyclic amines) is 1. The molecular weight excluding hydrogens is 262 g/mol. The van der Waals surface area contributed by atoms with Crippen LogP contribution in [-0.4, -0.2) is 28.1 Å². The lowest BCUT2D eigenvalue weighted by Gasteiger charge is -2.38. The Morgan fingerprint density at radius 2 is 2.00 bits per heavy atom. The molecule has 1 aromatic rings. The summed E-state index contributed by atoms with van der Waals surface area (Å²) in [6, 6.07) is 8.84. The van der Waals surface area contributed by atoms with E-state index in [0.29, 0.717) is 6.42 Å². The minimum absolute atomic E-state index is 0.152. The van der Waals surface area contributed by atoms with E-state index in [-0.39, 0.29) is 6.04 Å². The van der Waals surface area contributed by atoms with Crippen LogP contribution in [0.15, 0.2) is 24.3 Å². The Labute approximate surface area is 128 Å². The molecule has 1 aromatic carbocycles. The quantitative estimate of drug-likeness (QED) is 0.859. The van der Waals surface area contributed by atoms with Crippen molar-refractivity contribution in [1.82, 2.24) is 4.90 Å². The SMILES string of the molecule is CCCc1ccc(C(C)N2CCCC2(CC)C(=O)O)cc1. The highest BCUT2D eigenvalue weighted by atomic mass is 16.4. The van der Waals surface area contributed by atoms with Crippen LogP contribution in [0.2, 0.25) is 0 Å². The van der Waals surface area contributed by atoms with Gasteiger partial charge in [0.15, 0.2) is 0 Å². The maximum absolute atomic E-state index is 11.8. The number of hydrogen-bond acceptors (Lipinski definition) is 2. The summed E-state index contributed by atoms with van der Waals surface area (Å²) >= 11 is 0. The molecule has 2 unspecified atom stereocenters. The number of nitrogens with zero attached hydrogens (tertiary/aromatic N) is 1. The number of carbonyl (C=O) groups is 1. The molecule has 1 N–H and O–H groups in total. The van der Waals surface area contributed by atoms with E-state index in [0.717, 1.165) is 32.2 Å². The van der Waals surface area contributed by atoms with E-state index in [1.54, 1.807) is 0 Å². The molecule has 116 valence electrons. The number of carboxylic acids is 1. The average molecular weight is 289 g/mol. The van der Waals surface area contributed by atoms with E-state index in [1.165, 1.54) is 11.1 Å². The van der Waals surface area contributed by atoms with E-state index in [9.17, 15) is 9.90 Å². The van der Waals surface area contributed by atoms with Gasteiger partial charge in [0.1, 0.15) is 5.54 Å². The van der Waals surface area contributed by atoms with Crippen LogP contribution in [0.25, 0.3) is 0 Å². The molecule has 3 heteroatoms. The van der Waals surface area contributed by atoms with Crippen LogP contribution in [0, 0.1) is 0 Å². The van der Waals surface area contributed by atoms with Crippen molar-refractivity contribution in [2.24, 2.45) is 0 Å². The van der Waals surface area contributed by atoms with Crippen molar-refractivity contribution < 1.29 is 9.90 Å². The van der Waals surface area contributed by atoms with E-state index in [1.807, 2.05) is 6.92 Å². The van der Waals surface area contributed by atoms with E-state index >= 15 is 0 Å². The molecule has 0 aromatic heterocycles. The lowest BCUT2D eigenvalue weighted by Crippen LogP contribution is -2.50. The average Bonchev–Trinajstić information content (AvgIpc) is 2.93. The van der Waals surface area contributed by atoms with Gasteiger partial charge in [0.2, 0.25) is 0 Å². The number of benzene rings is 1. The molecule has 0 bridgehead atoms. The highest BCUT2D eigenvalue weighted by molar-refractivity contribution is 5.79. The topological polar surface area (TPSA) is 40.5 Å². The molecule has 1 aliphatic rings. The fourth-order valence-corrected chi connectivity index (χ4v) is 3.66. The van der Waals surface area contributed by atoms with Gasteiger partial charge in [0, 0.05) is 6.04 Å². The summed E-state index contributed by atoms with van der Waals surface area (Å²) in [6.45, 7) is 7.18. The third kappa shape index (κ3) is 2.98. The second-order valence-electron chi connectivity index (χ2n) is 6.15. The summed E-state index contributed by atoms with van der Waals surface area (Å²) in [5.41, 5.74) is 1.90. The molecule has 1 aliphatic heterocycles. The lowest BCUT2D eigenvalue weighted by molar-refractivity contribution is -0.151. The minimum atomic E-state index is -0.679. The Morgan fingerprint density at radius 1 is 1.33 bits per heavy atom. The molecule has 0 spiro atoms. The van der Waals surface area contributed by atoms with Gasteiger partial charge in [-0.2, -0.15) is 0 Å². The highest BCUT2D eigenvalue weighted by Crippen LogP contribution is 2.39. The van der Waals surface area contributed by atoms with E-state index in [4.69, 9.17) is 0 Å². The summed E-state index contributed by atoms with van der Waals surface area (Å²) < 4.78 is 0. The zero-order valence-electron chi connectivity index (χ0n) is 13.4. The van der Waals surface area contributed by atoms with Gasteiger partial charge in [-0.25, -0.2) is 0 Å². The Hall–Kier alpha value is -1.35. The Kier molecular flexibility index (Phi) is 5.04. The van der Waals surface area contributed by atoms with Crippen molar-refractivity contribution in [2.45, 2.75) is 64.5 Å². The monoisotopic (exact) mass is 289 g/mol. The fourth-order valence-electron chi connectivity index (χ4n) is 3.66. The van der Waals surface area contributed by atoms with Crippen molar-refractivity contribution in [3.8, 4) is 0 Å². The fraction of sp³-hybridized carbons (Fsp3) is 0.611. The molecule has 3 nitrogen and oxygen atoms in total. The number of hydrogen-bond donors (Lipinski definition) is 1. The molecule has 0 saturated carbocycles. The largest absolute Gasteiger partial charge is 0.480 e. The second-order valence-corrected chi connectivity index (χ2v) is 6.15. The predicted octanol–water partition coefficient (Wildman–Crippen LogP) is 4.03. The van der Waals surface area contributed by atoms with Gasteiger partial charge in [-0.3, -0.25) is 9.69 Å². The van der Waals surface area contributed by atoms with Crippen molar-refractivity contribution in [2.75, 3.05) is 6.54 Å². The van der Waals surface area contributed by atoms with Crippen LogP contribution >= 0.6 is 0 Å². The van der Waals surface area contributed by atoms with E-state index < -0.39 is 11.5 Å². The van der Waals surface area contributed by atoms with Gasteiger partial charge in [-0.1, -0.05) is 44.5 Å². The molecule has 0 radical (unpaired) electrons. The molecular formula is C18H27NO2. The van der Waals surface area contributed by atoms with Crippen LogP contribution in [-0.2, 0) is 11.2 Å². The van der Waals surface area contributed by atoms with Gasteiger partial charge in [-0.15, -0.1) is 0 Å². The number of carboxylic acid groups (broad SMARTS) is 1. The first-order valence-corrected chi connectivity index (χ1v) is 8.14. The zero-order chi connectivity index (χ0) is 15.5. The minimum Gasteiger partial charge on any atom is -0.480 e. The Morgan fingerprint density at radius 3 is 2.52 bits per heavy atom. The van der Waals surface area contributed by atoms with E-state index in [2.05, 4.69) is 43.0 Å². The summed E-state index contributed by atoms with van der Waals surface area (Å²) in [5.74, 6) is -0.669. The third-order valence-electron chi connectivity index (χ3n) is 4.99. The van der Waals surface area contributed by atoms with Crippen molar-refractivity contribution in [3.05, 3.63) is 35.4 Å². The Balaban J connectivity index is 2.22. The van der Waals surface area contributed by atoms with Crippen molar-refractivity contribution in [3.63, 3.8) is 0 Å². The molecule has 0 amide bonds. The van der Waals surface area contributed by atoms with Crippen LogP contribution in [0.4, 0.5) is 0 Å². The lowest BCUT2D eigenvalue weighted by atomic mass is 9.90. The first kappa shape index (κ1) is 16.0. The van der Waals surface area contributed by atoms with Gasteiger partial charge >= 0.3 is 5.97 Å². The summed E-state index contributed by atoms with van der Waals surface area (Å²) in [5, 5.41) is 9.70. The molecule has 0 aliphatic carbocycles. The van der Waals surface area contributed by atoms with Crippen LogP contribution in [0.1, 0.15) is 63.6 Å². The van der Waals surface area contributed by atoms with Crippen molar-refractivity contribution in [1.29, 1.82) is 0 Å². The summed E-state index contributed by atoms with van der Waals surface area (Å²) in [7, 11) is 0. The van der Waals surface area contributed by atoms with Gasteiger partial charge in [0.25, 0.3) is 0 Å². The van der Waals surface area contributed by atoms with Crippen molar-refractivity contribution >= 4 is 5.97 Å². The zero-order valence-corrected chi connectivity index (χ0v) is 13.4. The molecule has 1 heterocycles. The first-order chi connectivity index (χ1) is 10.0. The maximum Gasteiger partial charge on any atom is 0.324 e.